The van der Waals surface area contributed by atoms with Crippen LogP contribution in [0.1, 0.15) is 5.56 Å². The number of aromatic nitrogens is 3. The number of halogens is 2. The molecule has 9 heteroatoms. The van der Waals surface area contributed by atoms with E-state index in [4.69, 9.17) is 11.6 Å². The molecule has 0 atom stereocenters. The number of hydrazone groups is 1. The zero-order chi connectivity index (χ0) is 19.2. The summed E-state index contributed by atoms with van der Waals surface area (Å²) >= 11 is 10.6. The molecule has 1 N–H and O–H groups in total. The van der Waals surface area contributed by atoms with Crippen LogP contribution in [0.5, 0.6) is 0 Å². The first kappa shape index (κ1) is 19.6. The van der Waals surface area contributed by atoms with Crippen LogP contribution in [0.25, 0.3) is 11.4 Å². The predicted molar refractivity (Wildman–Crippen MR) is 112 cm³/mol. The van der Waals surface area contributed by atoms with Gasteiger partial charge >= 0.3 is 0 Å². The first-order chi connectivity index (χ1) is 13.0. The molecule has 2 aromatic carbocycles. The van der Waals surface area contributed by atoms with Crippen LogP contribution in [0.2, 0.25) is 5.02 Å². The van der Waals surface area contributed by atoms with E-state index in [1.165, 1.54) is 11.8 Å². The number of rotatable bonds is 6. The van der Waals surface area contributed by atoms with Crippen LogP contribution in [0.3, 0.4) is 0 Å². The molecule has 0 fully saturated rings. The fourth-order valence-electron chi connectivity index (χ4n) is 2.21. The number of nitrogens with one attached hydrogen (secondary N) is 1. The van der Waals surface area contributed by atoms with Crippen molar-refractivity contribution in [2.45, 2.75) is 5.16 Å². The summed E-state index contributed by atoms with van der Waals surface area (Å²) in [4.78, 5) is 12.0. The van der Waals surface area contributed by atoms with E-state index in [1.54, 1.807) is 18.3 Å². The number of carbonyl (C=O) groups is 1. The third-order valence-electron chi connectivity index (χ3n) is 3.52. The number of amides is 1. The van der Waals surface area contributed by atoms with Gasteiger partial charge in [-0.05, 0) is 29.8 Å². The Labute approximate surface area is 174 Å². The van der Waals surface area contributed by atoms with Crippen molar-refractivity contribution in [3.05, 3.63) is 63.6 Å². The molecule has 0 bridgehead atoms. The molecule has 0 radical (unpaired) electrons. The molecule has 1 amide bonds. The second kappa shape index (κ2) is 9.16. The lowest BCUT2D eigenvalue weighted by molar-refractivity contribution is -0.118. The molecule has 6 nitrogen and oxygen atoms in total. The normalized spacial score (nSPS) is 11.1. The summed E-state index contributed by atoms with van der Waals surface area (Å²) in [6, 6.07) is 15.0. The molecule has 3 aromatic rings. The second-order valence-corrected chi connectivity index (χ2v) is 7.80. The Bertz CT molecular complexity index is 974. The van der Waals surface area contributed by atoms with Crippen LogP contribution in [-0.2, 0) is 11.8 Å². The highest BCUT2D eigenvalue weighted by molar-refractivity contribution is 9.10. The van der Waals surface area contributed by atoms with E-state index in [9.17, 15) is 4.79 Å². The summed E-state index contributed by atoms with van der Waals surface area (Å²) in [5.41, 5.74) is 4.29. The molecule has 0 saturated carbocycles. The minimum atomic E-state index is -0.225. The maximum Gasteiger partial charge on any atom is 0.250 e. The van der Waals surface area contributed by atoms with Gasteiger partial charge < -0.3 is 4.57 Å². The van der Waals surface area contributed by atoms with Crippen molar-refractivity contribution in [3.8, 4) is 11.4 Å². The molecule has 1 heterocycles. The molecule has 1 aromatic heterocycles. The highest BCUT2D eigenvalue weighted by Crippen LogP contribution is 2.24. The van der Waals surface area contributed by atoms with Gasteiger partial charge in [0.1, 0.15) is 0 Å². The Morgan fingerprint density at radius 2 is 2.07 bits per heavy atom. The van der Waals surface area contributed by atoms with Crippen molar-refractivity contribution in [1.82, 2.24) is 20.2 Å². The molecule has 0 saturated heterocycles. The zero-order valence-electron chi connectivity index (χ0n) is 14.3. The Morgan fingerprint density at radius 3 is 2.81 bits per heavy atom. The molecule has 3 rings (SSSR count). The highest BCUT2D eigenvalue weighted by Gasteiger charge is 2.13. The van der Waals surface area contributed by atoms with Crippen molar-refractivity contribution in [2.24, 2.45) is 12.1 Å². The quantitative estimate of drug-likeness (QED) is 0.338. The fourth-order valence-corrected chi connectivity index (χ4v) is 3.44. The van der Waals surface area contributed by atoms with E-state index in [-0.39, 0.29) is 11.7 Å². The van der Waals surface area contributed by atoms with E-state index >= 15 is 0 Å². The zero-order valence-corrected chi connectivity index (χ0v) is 17.4. The third kappa shape index (κ3) is 5.41. The second-order valence-electron chi connectivity index (χ2n) is 5.51. The maximum absolute atomic E-state index is 12.0. The van der Waals surface area contributed by atoms with Crippen LogP contribution in [0, 0.1) is 0 Å². The standard InChI is InChI=1S/C18H15BrClN5OS/c1-25-17(13-3-2-4-14(19)9-13)23-24-18(25)27-11-16(26)22-21-10-12-5-7-15(20)8-6-12/h2-10H,11H2,1H3,(H,22,26)/b21-10+. The Hall–Kier alpha value is -2.16. The monoisotopic (exact) mass is 463 g/mol. The Kier molecular flexibility index (Phi) is 6.65. The van der Waals surface area contributed by atoms with Gasteiger partial charge in [-0.25, -0.2) is 5.43 Å². The van der Waals surface area contributed by atoms with E-state index in [2.05, 4.69) is 36.7 Å². The third-order valence-corrected chi connectivity index (χ3v) is 5.29. The predicted octanol–water partition coefficient (Wildman–Crippen LogP) is 4.14. The summed E-state index contributed by atoms with van der Waals surface area (Å²) in [5, 5.41) is 13.6. The highest BCUT2D eigenvalue weighted by atomic mass is 79.9. The van der Waals surface area contributed by atoms with Gasteiger partial charge in [-0.1, -0.05) is 63.6 Å². The number of hydrogen-bond acceptors (Lipinski definition) is 5. The molecule has 27 heavy (non-hydrogen) atoms. The summed E-state index contributed by atoms with van der Waals surface area (Å²) in [6.07, 6.45) is 1.56. The van der Waals surface area contributed by atoms with Crippen molar-refractivity contribution < 1.29 is 4.79 Å². The lowest BCUT2D eigenvalue weighted by Gasteiger charge is -2.04. The number of carbonyl (C=O) groups excluding carboxylic acids is 1. The Morgan fingerprint density at radius 1 is 1.30 bits per heavy atom. The van der Waals surface area contributed by atoms with Gasteiger partial charge in [-0.3, -0.25) is 4.79 Å². The average molecular weight is 465 g/mol. The molecule has 0 unspecified atom stereocenters. The molecule has 0 spiro atoms. The van der Waals surface area contributed by atoms with Gasteiger partial charge in [-0.15, -0.1) is 10.2 Å². The van der Waals surface area contributed by atoms with Crippen LogP contribution >= 0.6 is 39.3 Å². The van der Waals surface area contributed by atoms with Crippen LogP contribution in [0.15, 0.2) is 63.3 Å². The molecular formula is C18H15BrClN5OS. The van der Waals surface area contributed by atoms with Crippen molar-refractivity contribution in [2.75, 3.05) is 5.75 Å². The first-order valence-corrected chi connectivity index (χ1v) is 10.0. The largest absolute Gasteiger partial charge is 0.305 e. The lowest BCUT2D eigenvalue weighted by atomic mass is 10.2. The number of hydrogen-bond donors (Lipinski definition) is 1. The maximum atomic E-state index is 12.0. The van der Waals surface area contributed by atoms with E-state index < -0.39 is 0 Å². The average Bonchev–Trinajstić information content (AvgIpc) is 3.02. The van der Waals surface area contributed by atoms with Gasteiger partial charge in [0.25, 0.3) is 5.91 Å². The molecule has 0 aliphatic heterocycles. The smallest absolute Gasteiger partial charge is 0.250 e. The fraction of sp³-hybridized carbons (Fsp3) is 0.111. The van der Waals surface area contributed by atoms with Crippen molar-refractivity contribution >= 4 is 51.4 Å². The van der Waals surface area contributed by atoms with Crippen LogP contribution in [-0.4, -0.2) is 32.6 Å². The van der Waals surface area contributed by atoms with E-state index in [1.807, 2.05) is 48.0 Å². The SMILES string of the molecule is Cn1c(SCC(=O)N/N=C/c2ccc(Cl)cc2)nnc1-c1cccc(Br)c1. The van der Waals surface area contributed by atoms with Crippen molar-refractivity contribution in [3.63, 3.8) is 0 Å². The van der Waals surface area contributed by atoms with Gasteiger partial charge in [0, 0.05) is 22.1 Å². The van der Waals surface area contributed by atoms with Crippen molar-refractivity contribution in [1.29, 1.82) is 0 Å². The van der Waals surface area contributed by atoms with Crippen LogP contribution in [0.4, 0.5) is 0 Å². The number of nitrogens with zero attached hydrogens (tertiary/aromatic N) is 4. The first-order valence-electron chi connectivity index (χ1n) is 7.88. The molecular weight excluding hydrogens is 450 g/mol. The van der Waals surface area contributed by atoms with Gasteiger partial charge in [0.15, 0.2) is 11.0 Å². The van der Waals surface area contributed by atoms with E-state index in [0.717, 1.165) is 21.4 Å². The van der Waals surface area contributed by atoms with Crippen LogP contribution < -0.4 is 5.43 Å². The summed E-state index contributed by atoms with van der Waals surface area (Å²) in [5.74, 6) is 0.694. The van der Waals surface area contributed by atoms with Gasteiger partial charge in [0.2, 0.25) is 0 Å². The van der Waals surface area contributed by atoms with E-state index in [0.29, 0.717) is 10.2 Å². The van der Waals surface area contributed by atoms with Gasteiger partial charge in [-0.2, -0.15) is 5.10 Å². The molecule has 138 valence electrons. The lowest BCUT2D eigenvalue weighted by Crippen LogP contribution is -2.19. The van der Waals surface area contributed by atoms with Gasteiger partial charge in [0.05, 0.1) is 12.0 Å². The molecule has 0 aliphatic carbocycles. The minimum absolute atomic E-state index is 0.183. The number of thioether (sulfide) groups is 1. The summed E-state index contributed by atoms with van der Waals surface area (Å²) in [7, 11) is 1.87. The summed E-state index contributed by atoms with van der Waals surface area (Å²) in [6.45, 7) is 0. The summed E-state index contributed by atoms with van der Waals surface area (Å²) < 4.78 is 2.83. The minimum Gasteiger partial charge on any atom is -0.305 e. The Balaban J connectivity index is 1.55. The number of benzene rings is 2. The molecule has 0 aliphatic rings. The topological polar surface area (TPSA) is 72.2 Å².